The molecule has 0 amide bonds. The van der Waals surface area contributed by atoms with Crippen molar-refractivity contribution in [1.29, 1.82) is 0 Å². The first-order valence-electron chi connectivity index (χ1n) is 9.95. The summed E-state index contributed by atoms with van der Waals surface area (Å²) in [4.78, 5) is 8.87. The van der Waals surface area contributed by atoms with E-state index in [1.165, 1.54) is 6.07 Å². The smallest absolute Gasteiger partial charge is 0.241 e. The minimum absolute atomic E-state index is 0.192. The summed E-state index contributed by atoms with van der Waals surface area (Å²) in [6.07, 6.45) is 5.51. The maximum Gasteiger partial charge on any atom is 0.241 e. The van der Waals surface area contributed by atoms with Crippen molar-refractivity contribution in [2.24, 2.45) is 5.73 Å². The monoisotopic (exact) mass is 393 g/mol. The molecule has 29 heavy (non-hydrogen) atoms. The van der Waals surface area contributed by atoms with Gasteiger partial charge in [-0.3, -0.25) is 0 Å². The molecule has 1 saturated carbocycles. The fourth-order valence-corrected chi connectivity index (χ4v) is 4.25. The van der Waals surface area contributed by atoms with Gasteiger partial charge in [0.15, 0.2) is 5.82 Å². The lowest BCUT2D eigenvalue weighted by Gasteiger charge is -2.32. The Labute approximate surface area is 167 Å². The van der Waals surface area contributed by atoms with Crippen molar-refractivity contribution in [3.05, 3.63) is 42.2 Å². The molecule has 0 saturated heterocycles. The molecule has 150 valence electrons. The van der Waals surface area contributed by atoms with Crippen LogP contribution < -0.4 is 11.1 Å². The molecule has 3 N–H and O–H groups in total. The first-order valence-corrected chi connectivity index (χ1v) is 9.95. The van der Waals surface area contributed by atoms with E-state index in [1.54, 1.807) is 10.7 Å². The highest BCUT2D eigenvalue weighted by molar-refractivity contribution is 5.88. The second-order valence-corrected chi connectivity index (χ2v) is 8.16. The van der Waals surface area contributed by atoms with Gasteiger partial charge in [-0.15, -0.1) is 5.10 Å². The number of hydrogen-bond acceptors (Lipinski definition) is 5. The van der Waals surface area contributed by atoms with E-state index >= 15 is 0 Å². The summed E-state index contributed by atoms with van der Waals surface area (Å²) < 4.78 is 18.7. The summed E-state index contributed by atoms with van der Waals surface area (Å²) in [5.41, 5.74) is 9.54. The van der Waals surface area contributed by atoms with Crippen LogP contribution in [-0.4, -0.2) is 36.2 Å². The van der Waals surface area contributed by atoms with E-state index in [-0.39, 0.29) is 17.9 Å². The number of anilines is 1. The zero-order valence-corrected chi connectivity index (χ0v) is 16.7. The molecule has 1 aromatic carbocycles. The van der Waals surface area contributed by atoms with Crippen LogP contribution in [0.1, 0.15) is 38.6 Å². The number of aromatic nitrogens is 5. The average molecular weight is 393 g/mol. The normalized spacial score (nSPS) is 19.2. The fourth-order valence-electron chi connectivity index (χ4n) is 4.25. The molecule has 8 heteroatoms. The first-order chi connectivity index (χ1) is 13.9. The van der Waals surface area contributed by atoms with Gasteiger partial charge in [0.2, 0.25) is 5.95 Å². The van der Waals surface area contributed by atoms with Crippen LogP contribution in [-0.2, 0) is 0 Å². The van der Waals surface area contributed by atoms with Gasteiger partial charge >= 0.3 is 0 Å². The Bertz CT molecular complexity index is 1220. The lowest BCUT2D eigenvalue weighted by Crippen LogP contribution is -2.44. The van der Waals surface area contributed by atoms with Gasteiger partial charge in [0.1, 0.15) is 11.3 Å². The lowest BCUT2D eigenvalue weighted by molar-refractivity contribution is 0.371. The Hall–Kier alpha value is -3.00. The second-order valence-electron chi connectivity index (χ2n) is 8.16. The topological polar surface area (TPSA) is 86.1 Å². The minimum atomic E-state index is -0.320. The number of nitrogens with zero attached hydrogens (tertiary/aromatic N) is 5. The fraction of sp³-hybridized carbons (Fsp3) is 0.381. The van der Waals surface area contributed by atoms with Crippen molar-refractivity contribution >= 4 is 22.5 Å². The number of rotatable bonds is 4. The zero-order valence-electron chi connectivity index (χ0n) is 16.7. The van der Waals surface area contributed by atoms with Gasteiger partial charge in [-0.2, -0.15) is 0 Å². The van der Waals surface area contributed by atoms with Crippen LogP contribution in [0, 0.1) is 12.7 Å². The van der Waals surface area contributed by atoms with Gasteiger partial charge in [0.05, 0.1) is 17.2 Å². The largest absolute Gasteiger partial charge is 0.350 e. The van der Waals surface area contributed by atoms with Gasteiger partial charge in [0, 0.05) is 29.9 Å². The van der Waals surface area contributed by atoms with Crippen molar-refractivity contribution in [2.45, 2.75) is 51.7 Å². The lowest BCUT2D eigenvalue weighted by atomic mass is 9.88. The quantitative estimate of drug-likeness (QED) is 0.552. The molecule has 1 aliphatic carbocycles. The zero-order chi connectivity index (χ0) is 20.3. The first kappa shape index (κ1) is 18.1. The third-order valence-electron chi connectivity index (χ3n) is 5.68. The van der Waals surface area contributed by atoms with Crippen LogP contribution in [0.2, 0.25) is 0 Å². The van der Waals surface area contributed by atoms with Crippen LogP contribution in [0.3, 0.4) is 0 Å². The number of hydrogen-bond donors (Lipinski definition) is 2. The predicted molar refractivity (Wildman–Crippen MR) is 111 cm³/mol. The van der Waals surface area contributed by atoms with Crippen LogP contribution in [0.15, 0.2) is 30.6 Å². The van der Waals surface area contributed by atoms with Crippen LogP contribution in [0.5, 0.6) is 0 Å². The Morgan fingerprint density at radius 1 is 1.24 bits per heavy atom. The molecule has 1 fully saturated rings. The van der Waals surface area contributed by atoms with Gasteiger partial charge in [0.25, 0.3) is 0 Å². The summed E-state index contributed by atoms with van der Waals surface area (Å²) in [5, 5.41) is 7.86. The maximum atomic E-state index is 14.8. The molecule has 0 aliphatic heterocycles. The summed E-state index contributed by atoms with van der Waals surface area (Å²) in [5.74, 6) is 1.06. The van der Waals surface area contributed by atoms with Gasteiger partial charge in [-0.05, 0) is 57.4 Å². The highest BCUT2D eigenvalue weighted by Crippen LogP contribution is 2.32. The number of halogens is 1. The SMILES string of the molecule is Cc1nc2c(F)cc(-c3ccn4nc(N[C@H]5C[C@H](N)C5)ncc34)cc2n1C(C)C. The van der Waals surface area contributed by atoms with Crippen molar-refractivity contribution < 1.29 is 4.39 Å². The Kier molecular flexibility index (Phi) is 4.06. The molecule has 0 bridgehead atoms. The van der Waals surface area contributed by atoms with E-state index in [4.69, 9.17) is 5.73 Å². The standard InChI is InChI=1S/C21H24FN7/c1-11(2)29-12(3)25-20-17(22)6-13(7-18(20)29)16-4-5-28-19(16)10-24-21(27-28)26-15-8-14(23)9-15/h4-7,10-11,14-15H,8-9,23H2,1-3H3,(H,26,27)/t14-,15-. The Morgan fingerprint density at radius 2 is 2.03 bits per heavy atom. The van der Waals surface area contributed by atoms with E-state index < -0.39 is 0 Å². The summed E-state index contributed by atoms with van der Waals surface area (Å²) in [7, 11) is 0. The van der Waals surface area contributed by atoms with Gasteiger partial charge < -0.3 is 15.6 Å². The van der Waals surface area contributed by atoms with Crippen molar-refractivity contribution in [1.82, 2.24) is 24.1 Å². The highest BCUT2D eigenvalue weighted by Gasteiger charge is 2.26. The van der Waals surface area contributed by atoms with Crippen LogP contribution in [0.25, 0.3) is 27.7 Å². The van der Waals surface area contributed by atoms with E-state index in [0.29, 0.717) is 17.5 Å². The van der Waals surface area contributed by atoms with E-state index in [2.05, 4.69) is 38.8 Å². The Balaban J connectivity index is 1.56. The molecule has 0 unspecified atom stereocenters. The molecule has 0 radical (unpaired) electrons. The number of nitrogens with one attached hydrogen (secondary N) is 1. The number of benzene rings is 1. The van der Waals surface area contributed by atoms with Crippen molar-refractivity contribution in [2.75, 3.05) is 5.32 Å². The van der Waals surface area contributed by atoms with E-state index in [1.807, 2.05) is 25.3 Å². The summed E-state index contributed by atoms with van der Waals surface area (Å²) >= 11 is 0. The molecular formula is C21H24FN7. The van der Waals surface area contributed by atoms with E-state index in [9.17, 15) is 4.39 Å². The average Bonchev–Trinajstić information content (AvgIpc) is 3.20. The predicted octanol–water partition coefficient (Wildman–Crippen LogP) is 3.68. The molecule has 1 aliphatic rings. The highest BCUT2D eigenvalue weighted by atomic mass is 19.1. The summed E-state index contributed by atoms with van der Waals surface area (Å²) in [6, 6.07) is 6.26. The van der Waals surface area contributed by atoms with Crippen molar-refractivity contribution in [3.8, 4) is 11.1 Å². The molecule has 7 nitrogen and oxygen atoms in total. The molecule has 4 aromatic rings. The van der Waals surface area contributed by atoms with Gasteiger partial charge in [-0.25, -0.2) is 18.9 Å². The van der Waals surface area contributed by atoms with Gasteiger partial charge in [-0.1, -0.05) is 0 Å². The molecule has 0 spiro atoms. The van der Waals surface area contributed by atoms with E-state index in [0.717, 1.165) is 40.8 Å². The third-order valence-corrected chi connectivity index (χ3v) is 5.68. The molecule has 3 aromatic heterocycles. The molecule has 5 rings (SSSR count). The second kappa shape index (κ2) is 6.52. The summed E-state index contributed by atoms with van der Waals surface area (Å²) in [6.45, 7) is 6.05. The number of aryl methyl sites for hydroxylation is 1. The maximum absolute atomic E-state index is 14.8. The Morgan fingerprint density at radius 3 is 2.76 bits per heavy atom. The molecule has 0 atom stereocenters. The molecule has 3 heterocycles. The minimum Gasteiger partial charge on any atom is -0.350 e. The van der Waals surface area contributed by atoms with Crippen molar-refractivity contribution in [3.63, 3.8) is 0 Å². The third kappa shape index (κ3) is 2.95. The number of imidazole rings is 1. The van der Waals surface area contributed by atoms with Crippen LogP contribution >= 0.6 is 0 Å². The van der Waals surface area contributed by atoms with Crippen LogP contribution in [0.4, 0.5) is 10.3 Å². The molecular weight excluding hydrogens is 369 g/mol. The number of nitrogens with two attached hydrogens (primary N) is 1. The number of fused-ring (bicyclic) bond motifs is 2.